The van der Waals surface area contributed by atoms with Gasteiger partial charge in [0.1, 0.15) is 9.84 Å². The minimum absolute atomic E-state index is 0.0975. The fourth-order valence-electron chi connectivity index (χ4n) is 1.36. The Morgan fingerprint density at radius 2 is 1.80 bits per heavy atom. The van der Waals surface area contributed by atoms with Crippen LogP contribution in [0.3, 0.4) is 0 Å². The molecule has 1 atom stereocenters. The number of likely N-dealkylation sites (N-methyl/N-ethyl adjacent to an activating group) is 1. The highest BCUT2D eigenvalue weighted by atomic mass is 32.2. The lowest BCUT2D eigenvalue weighted by atomic mass is 10.2. The Kier molecular flexibility index (Phi) is 7.08. The van der Waals surface area contributed by atoms with Gasteiger partial charge in [-0.05, 0) is 13.0 Å². The van der Waals surface area contributed by atoms with Gasteiger partial charge >= 0.3 is 0 Å². The van der Waals surface area contributed by atoms with Gasteiger partial charge in [-0.3, -0.25) is 0 Å². The third-order valence-electron chi connectivity index (χ3n) is 2.06. The van der Waals surface area contributed by atoms with Crippen molar-refractivity contribution in [3.05, 3.63) is 0 Å². The van der Waals surface area contributed by atoms with Crippen LogP contribution in [0.15, 0.2) is 0 Å². The zero-order chi connectivity index (χ0) is 11.9. The van der Waals surface area contributed by atoms with E-state index in [0.717, 1.165) is 6.54 Å². The molecule has 0 aromatic rings. The van der Waals surface area contributed by atoms with Crippen LogP contribution < -0.4 is 5.32 Å². The van der Waals surface area contributed by atoms with Crippen LogP contribution in [0.2, 0.25) is 0 Å². The fourth-order valence-corrected chi connectivity index (χ4v) is 2.04. The molecule has 0 heterocycles. The molecule has 0 bridgehead atoms. The molecule has 0 spiro atoms. The summed E-state index contributed by atoms with van der Waals surface area (Å²) in [6.45, 7) is 2.70. The first-order chi connectivity index (χ1) is 6.94. The Hall–Kier alpha value is -0.170. The molecule has 0 amide bonds. The molecule has 0 aliphatic rings. The number of sulfone groups is 1. The van der Waals surface area contributed by atoms with Crippen LogP contribution in [0.1, 0.15) is 13.3 Å². The van der Waals surface area contributed by atoms with E-state index in [0.29, 0.717) is 6.42 Å². The van der Waals surface area contributed by atoms with E-state index < -0.39 is 16.1 Å². The van der Waals surface area contributed by atoms with E-state index >= 15 is 0 Å². The molecule has 5 nitrogen and oxygen atoms in total. The smallest absolute Gasteiger partial charge is 0.172 e. The molecule has 0 rings (SSSR count). The van der Waals surface area contributed by atoms with Crippen LogP contribution in [0, 0.1) is 0 Å². The van der Waals surface area contributed by atoms with Crippen molar-refractivity contribution in [1.82, 2.24) is 5.32 Å². The molecule has 1 unspecified atom stereocenters. The molecule has 15 heavy (non-hydrogen) atoms. The van der Waals surface area contributed by atoms with Gasteiger partial charge in [0.2, 0.25) is 0 Å². The second-order valence-corrected chi connectivity index (χ2v) is 5.68. The predicted molar refractivity (Wildman–Crippen MR) is 59.6 cm³/mol. The summed E-state index contributed by atoms with van der Waals surface area (Å²) in [7, 11) is 0.143. The van der Waals surface area contributed by atoms with Crippen LogP contribution in [0.25, 0.3) is 0 Å². The molecule has 0 aliphatic heterocycles. The van der Waals surface area contributed by atoms with Crippen LogP contribution in [-0.2, 0) is 19.3 Å². The number of ether oxygens (including phenoxy) is 2. The van der Waals surface area contributed by atoms with Crippen molar-refractivity contribution in [2.75, 3.05) is 32.8 Å². The third-order valence-corrected chi connectivity index (χ3v) is 3.04. The summed E-state index contributed by atoms with van der Waals surface area (Å²) >= 11 is 0. The number of methoxy groups -OCH3 is 2. The number of hydrogen-bond acceptors (Lipinski definition) is 5. The highest BCUT2D eigenvalue weighted by molar-refractivity contribution is 7.90. The lowest BCUT2D eigenvalue weighted by molar-refractivity contribution is -0.122. The molecule has 0 saturated heterocycles. The number of nitrogens with one attached hydrogen (secondary N) is 1. The second kappa shape index (κ2) is 7.16. The molecular formula is C9H21NO4S. The zero-order valence-corrected chi connectivity index (χ0v) is 10.6. The summed E-state index contributed by atoms with van der Waals surface area (Å²) < 4.78 is 32.3. The predicted octanol–water partition coefficient (Wildman–Crippen LogP) is 0.0181. The van der Waals surface area contributed by atoms with Gasteiger partial charge in [-0.2, -0.15) is 0 Å². The third kappa shape index (κ3) is 6.83. The normalized spacial score (nSPS) is 14.5. The maximum Gasteiger partial charge on any atom is 0.172 e. The average Bonchev–Trinajstić information content (AvgIpc) is 2.14. The molecule has 0 radical (unpaired) electrons. The van der Waals surface area contributed by atoms with Crippen molar-refractivity contribution in [3.63, 3.8) is 0 Å². The van der Waals surface area contributed by atoms with Crippen molar-refractivity contribution in [3.8, 4) is 0 Å². The molecule has 1 N–H and O–H groups in total. The van der Waals surface area contributed by atoms with Gasteiger partial charge in [-0.25, -0.2) is 8.42 Å². The minimum atomic E-state index is -2.94. The summed E-state index contributed by atoms with van der Waals surface area (Å²) in [6.07, 6.45) is 1.30. The first-order valence-corrected chi connectivity index (χ1v) is 6.97. The van der Waals surface area contributed by atoms with Gasteiger partial charge in [-0.15, -0.1) is 0 Å². The average molecular weight is 239 g/mol. The molecule has 0 saturated carbocycles. The van der Waals surface area contributed by atoms with Crippen molar-refractivity contribution in [2.24, 2.45) is 0 Å². The SMILES string of the molecule is CCNC(CCS(C)(=O)=O)C(OC)OC. The van der Waals surface area contributed by atoms with Crippen LogP contribution in [0.4, 0.5) is 0 Å². The van der Waals surface area contributed by atoms with Gasteiger partial charge in [-0.1, -0.05) is 6.92 Å². The molecule has 0 aromatic carbocycles. The van der Waals surface area contributed by atoms with Gasteiger partial charge in [0.05, 0.1) is 11.8 Å². The van der Waals surface area contributed by atoms with E-state index in [-0.39, 0.29) is 11.8 Å². The summed E-state index contributed by atoms with van der Waals surface area (Å²) in [6, 6.07) is -0.0975. The Labute approximate surface area is 92.1 Å². The first kappa shape index (κ1) is 14.8. The van der Waals surface area contributed by atoms with Gasteiger partial charge in [0.15, 0.2) is 6.29 Å². The van der Waals surface area contributed by atoms with Gasteiger partial charge in [0.25, 0.3) is 0 Å². The highest BCUT2D eigenvalue weighted by Crippen LogP contribution is 2.05. The summed E-state index contributed by atoms with van der Waals surface area (Å²) in [5, 5.41) is 3.14. The molecule has 0 aliphatic carbocycles. The summed E-state index contributed by atoms with van der Waals surface area (Å²) in [5.41, 5.74) is 0. The monoisotopic (exact) mass is 239 g/mol. The van der Waals surface area contributed by atoms with Crippen LogP contribution in [0.5, 0.6) is 0 Å². The Morgan fingerprint density at radius 3 is 2.13 bits per heavy atom. The van der Waals surface area contributed by atoms with E-state index in [1.807, 2.05) is 6.92 Å². The van der Waals surface area contributed by atoms with Crippen molar-refractivity contribution < 1.29 is 17.9 Å². The lowest BCUT2D eigenvalue weighted by Crippen LogP contribution is -2.43. The lowest BCUT2D eigenvalue weighted by Gasteiger charge is -2.25. The fraction of sp³-hybridized carbons (Fsp3) is 1.00. The topological polar surface area (TPSA) is 64.6 Å². The number of hydrogen-bond donors (Lipinski definition) is 1. The Bertz CT molecular complexity index is 249. The van der Waals surface area contributed by atoms with Crippen LogP contribution in [-0.4, -0.2) is 53.5 Å². The van der Waals surface area contributed by atoms with Crippen molar-refractivity contribution in [1.29, 1.82) is 0 Å². The van der Waals surface area contributed by atoms with Gasteiger partial charge in [0, 0.05) is 20.5 Å². The largest absolute Gasteiger partial charge is 0.354 e. The summed E-state index contributed by atoms with van der Waals surface area (Å²) in [4.78, 5) is 0. The maximum absolute atomic E-state index is 11.0. The van der Waals surface area contributed by atoms with E-state index in [1.54, 1.807) is 14.2 Å². The zero-order valence-electron chi connectivity index (χ0n) is 9.82. The van der Waals surface area contributed by atoms with E-state index in [2.05, 4.69) is 5.32 Å². The maximum atomic E-state index is 11.0. The number of rotatable bonds is 8. The molecule has 0 aromatic heterocycles. The quantitative estimate of drug-likeness (QED) is 0.605. The second-order valence-electron chi connectivity index (χ2n) is 3.42. The van der Waals surface area contributed by atoms with Crippen molar-refractivity contribution >= 4 is 9.84 Å². The van der Waals surface area contributed by atoms with E-state index in [1.165, 1.54) is 6.26 Å². The molecule has 6 heteroatoms. The van der Waals surface area contributed by atoms with E-state index in [4.69, 9.17) is 9.47 Å². The molecule has 0 fully saturated rings. The molecular weight excluding hydrogens is 218 g/mol. The highest BCUT2D eigenvalue weighted by Gasteiger charge is 2.21. The standard InChI is InChI=1S/C9H21NO4S/c1-5-10-8(9(13-2)14-3)6-7-15(4,11)12/h8-10H,5-7H2,1-4H3. The Morgan fingerprint density at radius 1 is 1.27 bits per heavy atom. The first-order valence-electron chi connectivity index (χ1n) is 4.91. The van der Waals surface area contributed by atoms with Gasteiger partial charge < -0.3 is 14.8 Å². The summed E-state index contributed by atoms with van der Waals surface area (Å²) in [5.74, 6) is 0.133. The van der Waals surface area contributed by atoms with Crippen LogP contribution >= 0.6 is 0 Å². The minimum Gasteiger partial charge on any atom is -0.354 e. The molecule has 92 valence electrons. The van der Waals surface area contributed by atoms with Crippen molar-refractivity contribution in [2.45, 2.75) is 25.7 Å². The van der Waals surface area contributed by atoms with E-state index in [9.17, 15) is 8.42 Å². The Balaban J connectivity index is 4.26.